The molecule has 1 aliphatic heterocycles. The zero-order chi connectivity index (χ0) is 17.1. The second-order valence-corrected chi connectivity index (χ2v) is 6.75. The first kappa shape index (κ1) is 16.7. The van der Waals surface area contributed by atoms with Crippen LogP contribution in [0.4, 0.5) is 0 Å². The number of hydrogen-bond acceptors (Lipinski definition) is 3. The van der Waals surface area contributed by atoms with Gasteiger partial charge in [0.25, 0.3) is 5.91 Å². The molecule has 2 aromatic rings. The molecule has 2 heterocycles. The summed E-state index contributed by atoms with van der Waals surface area (Å²) < 4.78 is 0. The quantitative estimate of drug-likeness (QED) is 0.870. The number of rotatable bonds is 3. The van der Waals surface area contributed by atoms with Crippen LogP contribution in [0.25, 0.3) is 11.1 Å². The molecule has 3 rings (SSSR count). The molecule has 4 heteroatoms. The number of amides is 1. The lowest BCUT2D eigenvalue weighted by Crippen LogP contribution is -2.50. The van der Waals surface area contributed by atoms with Gasteiger partial charge in [-0.05, 0) is 50.1 Å². The highest BCUT2D eigenvalue weighted by atomic mass is 16.2. The van der Waals surface area contributed by atoms with Crippen molar-refractivity contribution in [3.63, 3.8) is 0 Å². The summed E-state index contributed by atoms with van der Waals surface area (Å²) in [5, 5.41) is 0. The highest BCUT2D eigenvalue weighted by molar-refractivity contribution is 5.94. The van der Waals surface area contributed by atoms with Crippen molar-refractivity contribution in [2.24, 2.45) is 0 Å². The molecule has 1 aromatic carbocycles. The molecule has 0 atom stereocenters. The van der Waals surface area contributed by atoms with Gasteiger partial charge < -0.3 is 4.90 Å². The van der Waals surface area contributed by atoms with Crippen molar-refractivity contribution < 1.29 is 4.79 Å². The third-order valence-electron chi connectivity index (χ3n) is 4.67. The van der Waals surface area contributed by atoms with Gasteiger partial charge in [-0.25, -0.2) is 0 Å². The fourth-order valence-electron chi connectivity index (χ4n) is 3.14. The Bertz CT molecular complexity index is 701. The Labute approximate surface area is 144 Å². The van der Waals surface area contributed by atoms with Gasteiger partial charge in [0.15, 0.2) is 0 Å². The van der Waals surface area contributed by atoms with Crippen molar-refractivity contribution in [3.8, 4) is 11.1 Å². The summed E-state index contributed by atoms with van der Waals surface area (Å²) in [6.07, 6.45) is 3.70. The van der Waals surface area contributed by atoms with Crippen LogP contribution in [0, 0.1) is 6.92 Å². The van der Waals surface area contributed by atoms with E-state index in [4.69, 9.17) is 0 Å². The van der Waals surface area contributed by atoms with Crippen molar-refractivity contribution in [1.82, 2.24) is 14.8 Å². The van der Waals surface area contributed by atoms with Crippen molar-refractivity contribution in [1.29, 1.82) is 0 Å². The maximum Gasteiger partial charge on any atom is 0.253 e. The average molecular weight is 323 g/mol. The molecule has 0 unspecified atom stereocenters. The number of hydrogen-bond donors (Lipinski definition) is 0. The van der Waals surface area contributed by atoms with E-state index in [0.717, 1.165) is 48.4 Å². The normalized spacial score (nSPS) is 15.8. The van der Waals surface area contributed by atoms with Crippen LogP contribution in [-0.2, 0) is 0 Å². The summed E-state index contributed by atoms with van der Waals surface area (Å²) in [6.45, 7) is 9.96. The van der Waals surface area contributed by atoms with E-state index >= 15 is 0 Å². The summed E-state index contributed by atoms with van der Waals surface area (Å²) in [7, 11) is 0. The minimum atomic E-state index is 0.132. The van der Waals surface area contributed by atoms with Gasteiger partial charge in [-0.1, -0.05) is 12.1 Å². The molecule has 0 bridgehead atoms. The topological polar surface area (TPSA) is 36.4 Å². The lowest BCUT2D eigenvalue weighted by atomic mass is 10.0. The van der Waals surface area contributed by atoms with E-state index in [1.54, 1.807) is 0 Å². The first-order valence-corrected chi connectivity index (χ1v) is 8.60. The summed E-state index contributed by atoms with van der Waals surface area (Å²) in [6, 6.07) is 10.5. The fourth-order valence-corrected chi connectivity index (χ4v) is 3.14. The van der Waals surface area contributed by atoms with Gasteiger partial charge in [-0.2, -0.15) is 0 Å². The summed E-state index contributed by atoms with van der Waals surface area (Å²) in [5.74, 6) is 0.132. The Morgan fingerprint density at radius 3 is 2.25 bits per heavy atom. The van der Waals surface area contributed by atoms with Crippen LogP contribution >= 0.6 is 0 Å². The van der Waals surface area contributed by atoms with Crippen LogP contribution < -0.4 is 0 Å². The maximum atomic E-state index is 12.7. The van der Waals surface area contributed by atoms with Gasteiger partial charge in [-0.3, -0.25) is 14.7 Å². The Morgan fingerprint density at radius 2 is 1.67 bits per heavy atom. The number of benzene rings is 1. The van der Waals surface area contributed by atoms with Crippen LogP contribution in [0.15, 0.2) is 42.7 Å². The SMILES string of the molecule is Cc1cncc(-c2ccc(C(=O)N3CCN(C(C)C)CC3)cc2)c1. The monoisotopic (exact) mass is 323 g/mol. The average Bonchev–Trinajstić information content (AvgIpc) is 2.61. The number of aromatic nitrogens is 1. The van der Waals surface area contributed by atoms with Crippen molar-refractivity contribution in [2.75, 3.05) is 26.2 Å². The highest BCUT2D eigenvalue weighted by Crippen LogP contribution is 2.20. The standard InChI is InChI=1S/C20H25N3O/c1-15(2)22-8-10-23(11-9-22)20(24)18-6-4-17(5-7-18)19-12-16(3)13-21-14-19/h4-7,12-15H,8-11H2,1-3H3. The Balaban J connectivity index is 1.68. The third kappa shape index (κ3) is 3.65. The zero-order valence-electron chi connectivity index (χ0n) is 14.7. The fraction of sp³-hybridized carbons (Fsp3) is 0.400. The molecule has 126 valence electrons. The molecule has 0 spiro atoms. The summed E-state index contributed by atoms with van der Waals surface area (Å²) >= 11 is 0. The molecular weight excluding hydrogens is 298 g/mol. The molecule has 4 nitrogen and oxygen atoms in total. The Morgan fingerprint density at radius 1 is 1.00 bits per heavy atom. The van der Waals surface area contributed by atoms with Crippen molar-refractivity contribution in [2.45, 2.75) is 26.8 Å². The van der Waals surface area contributed by atoms with E-state index in [2.05, 4.69) is 29.8 Å². The van der Waals surface area contributed by atoms with Crippen LogP contribution in [0.2, 0.25) is 0 Å². The van der Waals surface area contributed by atoms with Gasteiger partial charge >= 0.3 is 0 Å². The van der Waals surface area contributed by atoms with Crippen LogP contribution in [0.5, 0.6) is 0 Å². The van der Waals surface area contributed by atoms with E-state index < -0.39 is 0 Å². The van der Waals surface area contributed by atoms with Crippen molar-refractivity contribution in [3.05, 3.63) is 53.9 Å². The third-order valence-corrected chi connectivity index (χ3v) is 4.67. The predicted molar refractivity (Wildman–Crippen MR) is 97.0 cm³/mol. The molecule has 0 radical (unpaired) electrons. The molecule has 0 N–H and O–H groups in total. The lowest BCUT2D eigenvalue weighted by Gasteiger charge is -2.37. The van der Waals surface area contributed by atoms with Gasteiger partial charge in [0.2, 0.25) is 0 Å². The van der Waals surface area contributed by atoms with Gasteiger partial charge in [-0.15, -0.1) is 0 Å². The van der Waals surface area contributed by atoms with Crippen LogP contribution in [-0.4, -0.2) is 52.9 Å². The van der Waals surface area contributed by atoms with E-state index in [0.29, 0.717) is 6.04 Å². The molecule has 1 fully saturated rings. The molecule has 1 aromatic heterocycles. The smallest absolute Gasteiger partial charge is 0.253 e. The Kier molecular flexibility index (Phi) is 4.95. The Hall–Kier alpha value is -2.20. The molecule has 0 saturated carbocycles. The molecule has 1 saturated heterocycles. The number of carbonyl (C=O) groups excluding carboxylic acids is 1. The second-order valence-electron chi connectivity index (χ2n) is 6.75. The first-order chi connectivity index (χ1) is 11.5. The molecule has 0 aliphatic carbocycles. The first-order valence-electron chi connectivity index (χ1n) is 8.60. The minimum absolute atomic E-state index is 0.132. The number of nitrogens with zero attached hydrogens (tertiary/aromatic N) is 3. The van der Waals surface area contributed by atoms with E-state index in [1.165, 1.54) is 0 Å². The number of piperazine rings is 1. The minimum Gasteiger partial charge on any atom is -0.336 e. The van der Waals surface area contributed by atoms with E-state index in [-0.39, 0.29) is 5.91 Å². The van der Waals surface area contributed by atoms with E-state index in [1.807, 2.05) is 48.5 Å². The molecular formula is C20H25N3O. The van der Waals surface area contributed by atoms with Crippen molar-refractivity contribution >= 4 is 5.91 Å². The largest absolute Gasteiger partial charge is 0.336 e. The predicted octanol–water partition coefficient (Wildman–Crippen LogP) is 3.22. The van der Waals surface area contributed by atoms with Gasteiger partial charge in [0.05, 0.1) is 0 Å². The molecule has 24 heavy (non-hydrogen) atoms. The second kappa shape index (κ2) is 7.14. The number of aryl methyl sites for hydroxylation is 1. The highest BCUT2D eigenvalue weighted by Gasteiger charge is 2.23. The lowest BCUT2D eigenvalue weighted by molar-refractivity contribution is 0.0595. The molecule has 1 amide bonds. The molecule has 1 aliphatic rings. The van der Waals surface area contributed by atoms with Crippen LogP contribution in [0.1, 0.15) is 29.8 Å². The number of pyridine rings is 1. The van der Waals surface area contributed by atoms with Gasteiger partial charge in [0.1, 0.15) is 0 Å². The summed E-state index contributed by atoms with van der Waals surface area (Å²) in [5.41, 5.74) is 4.07. The van der Waals surface area contributed by atoms with E-state index in [9.17, 15) is 4.79 Å². The maximum absolute atomic E-state index is 12.7. The van der Waals surface area contributed by atoms with Crippen LogP contribution in [0.3, 0.4) is 0 Å². The summed E-state index contributed by atoms with van der Waals surface area (Å²) in [4.78, 5) is 21.3. The number of carbonyl (C=O) groups is 1. The zero-order valence-corrected chi connectivity index (χ0v) is 14.7. The van der Waals surface area contributed by atoms with Gasteiger partial charge in [0, 0.05) is 55.7 Å².